The summed E-state index contributed by atoms with van der Waals surface area (Å²) in [6.07, 6.45) is 8.96. The molecule has 0 spiro atoms. The van der Waals surface area contributed by atoms with Crippen molar-refractivity contribution in [2.75, 3.05) is 19.7 Å². The van der Waals surface area contributed by atoms with E-state index in [1.165, 1.54) is 32.1 Å². The van der Waals surface area contributed by atoms with E-state index in [0.717, 1.165) is 37.3 Å². The molecule has 0 aromatic carbocycles. The number of morpholine rings is 1. The maximum absolute atomic E-state index is 5.86. The van der Waals surface area contributed by atoms with Gasteiger partial charge in [-0.1, -0.05) is 19.3 Å². The fourth-order valence-corrected chi connectivity index (χ4v) is 3.21. The van der Waals surface area contributed by atoms with E-state index in [2.05, 4.69) is 14.9 Å². The highest BCUT2D eigenvalue weighted by Crippen LogP contribution is 2.27. The largest absolute Gasteiger partial charge is 0.368 e. The van der Waals surface area contributed by atoms with Crippen LogP contribution in [0.25, 0.3) is 0 Å². The molecule has 4 nitrogen and oxygen atoms in total. The molecule has 1 aliphatic carbocycles. The van der Waals surface area contributed by atoms with Gasteiger partial charge in [-0.2, -0.15) is 0 Å². The number of H-pyrrole nitrogens is 1. The van der Waals surface area contributed by atoms with Gasteiger partial charge in [0.15, 0.2) is 0 Å². The van der Waals surface area contributed by atoms with Crippen LogP contribution >= 0.6 is 0 Å². The normalized spacial score (nSPS) is 27.5. The molecule has 0 bridgehead atoms. The third-order valence-electron chi connectivity index (χ3n) is 4.22. The van der Waals surface area contributed by atoms with Crippen LogP contribution in [0.5, 0.6) is 0 Å². The van der Waals surface area contributed by atoms with Crippen LogP contribution in [0.2, 0.25) is 0 Å². The molecule has 1 atom stereocenters. The number of nitrogens with zero attached hydrogens (tertiary/aromatic N) is 2. The number of aryl methyl sites for hydroxylation is 1. The summed E-state index contributed by atoms with van der Waals surface area (Å²) in [5, 5.41) is 0. The highest BCUT2D eigenvalue weighted by atomic mass is 16.5. The number of hydrogen-bond donors (Lipinski definition) is 1. The molecular formula is C14H23N3O. The van der Waals surface area contributed by atoms with Crippen LogP contribution in [0.15, 0.2) is 6.20 Å². The molecule has 1 aromatic rings. The number of rotatable bonds is 2. The quantitative estimate of drug-likeness (QED) is 0.875. The smallest absolute Gasteiger partial charge is 0.136 e. The zero-order chi connectivity index (χ0) is 12.4. The monoisotopic (exact) mass is 249 g/mol. The lowest BCUT2D eigenvalue weighted by atomic mass is 9.93. The van der Waals surface area contributed by atoms with Crippen LogP contribution in [0, 0.1) is 6.92 Å². The maximum Gasteiger partial charge on any atom is 0.136 e. The Hall–Kier alpha value is -0.870. The van der Waals surface area contributed by atoms with Gasteiger partial charge >= 0.3 is 0 Å². The number of aromatic nitrogens is 2. The molecule has 1 N–H and O–H groups in total. The average molecular weight is 249 g/mol. The predicted molar refractivity (Wildman–Crippen MR) is 70.5 cm³/mol. The molecule has 2 heterocycles. The zero-order valence-corrected chi connectivity index (χ0v) is 11.2. The summed E-state index contributed by atoms with van der Waals surface area (Å²) in [5.74, 6) is 0.994. The van der Waals surface area contributed by atoms with Crippen molar-refractivity contribution in [3.05, 3.63) is 17.7 Å². The topological polar surface area (TPSA) is 41.2 Å². The Labute approximate surface area is 109 Å². The highest BCUT2D eigenvalue weighted by molar-refractivity contribution is 5.03. The van der Waals surface area contributed by atoms with E-state index < -0.39 is 0 Å². The molecule has 4 heteroatoms. The molecule has 100 valence electrons. The molecule has 2 aliphatic rings. The van der Waals surface area contributed by atoms with E-state index >= 15 is 0 Å². The van der Waals surface area contributed by atoms with E-state index in [1.807, 2.05) is 13.1 Å². The first-order chi connectivity index (χ1) is 8.83. The summed E-state index contributed by atoms with van der Waals surface area (Å²) >= 11 is 0. The lowest BCUT2D eigenvalue weighted by Gasteiger charge is -2.39. The van der Waals surface area contributed by atoms with Crippen LogP contribution in [-0.2, 0) is 4.74 Å². The summed E-state index contributed by atoms with van der Waals surface area (Å²) in [6.45, 7) is 4.96. The van der Waals surface area contributed by atoms with Gasteiger partial charge in [0.05, 0.1) is 6.61 Å². The van der Waals surface area contributed by atoms with E-state index in [1.54, 1.807) is 0 Å². The molecule has 3 rings (SSSR count). The summed E-state index contributed by atoms with van der Waals surface area (Å²) in [4.78, 5) is 10.3. The Morgan fingerprint density at radius 2 is 2.17 bits per heavy atom. The summed E-state index contributed by atoms with van der Waals surface area (Å²) < 4.78 is 5.86. The Kier molecular flexibility index (Phi) is 3.66. The van der Waals surface area contributed by atoms with Crippen molar-refractivity contribution < 1.29 is 4.74 Å². The Bertz CT molecular complexity index is 384. The fourth-order valence-electron chi connectivity index (χ4n) is 3.21. The molecule has 2 fully saturated rings. The molecule has 1 saturated carbocycles. The Morgan fingerprint density at radius 3 is 2.89 bits per heavy atom. The van der Waals surface area contributed by atoms with Gasteiger partial charge in [0.1, 0.15) is 11.9 Å². The van der Waals surface area contributed by atoms with Crippen LogP contribution in [0.3, 0.4) is 0 Å². The summed E-state index contributed by atoms with van der Waals surface area (Å²) in [6, 6.07) is 0.779. The van der Waals surface area contributed by atoms with Gasteiger partial charge in [-0.3, -0.25) is 4.90 Å². The zero-order valence-electron chi connectivity index (χ0n) is 11.2. The van der Waals surface area contributed by atoms with Crippen molar-refractivity contribution in [2.45, 2.75) is 51.2 Å². The Morgan fingerprint density at radius 1 is 1.33 bits per heavy atom. The predicted octanol–water partition coefficient (Wildman–Crippen LogP) is 2.42. The minimum Gasteiger partial charge on any atom is -0.368 e. The number of nitrogens with one attached hydrogen (secondary N) is 1. The van der Waals surface area contributed by atoms with Crippen LogP contribution in [0.4, 0.5) is 0 Å². The number of imidazole rings is 1. The molecule has 1 saturated heterocycles. The van der Waals surface area contributed by atoms with Gasteiger partial charge in [0.2, 0.25) is 0 Å². The molecule has 0 radical (unpaired) electrons. The maximum atomic E-state index is 5.86. The second-order valence-corrected chi connectivity index (χ2v) is 5.60. The highest BCUT2D eigenvalue weighted by Gasteiger charge is 2.29. The number of aromatic amines is 1. The lowest BCUT2D eigenvalue weighted by molar-refractivity contribution is -0.0533. The van der Waals surface area contributed by atoms with Gasteiger partial charge < -0.3 is 9.72 Å². The SMILES string of the molecule is Cc1cnc([C@@H]2CN(C3CCCCC3)CCO2)[nH]1. The van der Waals surface area contributed by atoms with Gasteiger partial charge in [0, 0.05) is 31.0 Å². The second kappa shape index (κ2) is 5.41. The summed E-state index contributed by atoms with van der Waals surface area (Å²) in [5.41, 5.74) is 1.11. The van der Waals surface area contributed by atoms with Crippen molar-refractivity contribution in [3.8, 4) is 0 Å². The molecule has 18 heavy (non-hydrogen) atoms. The fraction of sp³-hybridized carbons (Fsp3) is 0.786. The molecular weight excluding hydrogens is 226 g/mol. The number of hydrogen-bond acceptors (Lipinski definition) is 3. The van der Waals surface area contributed by atoms with Gasteiger partial charge in [0.25, 0.3) is 0 Å². The van der Waals surface area contributed by atoms with E-state index in [9.17, 15) is 0 Å². The Balaban J connectivity index is 1.64. The minimum absolute atomic E-state index is 0.134. The van der Waals surface area contributed by atoms with Crippen LogP contribution in [-0.4, -0.2) is 40.6 Å². The number of ether oxygens (including phenoxy) is 1. The average Bonchev–Trinajstić information content (AvgIpc) is 2.87. The van der Waals surface area contributed by atoms with Crippen LogP contribution in [0.1, 0.15) is 49.7 Å². The van der Waals surface area contributed by atoms with Gasteiger partial charge in [-0.25, -0.2) is 4.98 Å². The molecule has 1 aliphatic heterocycles. The standard InChI is InChI=1S/C14H23N3O/c1-11-9-15-14(16-11)13-10-17(7-8-18-13)12-5-3-2-4-6-12/h9,12-13H,2-8,10H2,1H3,(H,15,16)/t13-/m0/s1. The van der Waals surface area contributed by atoms with E-state index in [-0.39, 0.29) is 6.10 Å². The third-order valence-corrected chi connectivity index (χ3v) is 4.22. The van der Waals surface area contributed by atoms with Crippen molar-refractivity contribution in [3.63, 3.8) is 0 Å². The van der Waals surface area contributed by atoms with E-state index in [4.69, 9.17) is 4.74 Å². The van der Waals surface area contributed by atoms with Crippen molar-refractivity contribution >= 4 is 0 Å². The lowest BCUT2D eigenvalue weighted by Crippen LogP contribution is -2.45. The molecule has 0 amide bonds. The molecule has 0 unspecified atom stereocenters. The van der Waals surface area contributed by atoms with Gasteiger partial charge in [-0.05, 0) is 19.8 Å². The van der Waals surface area contributed by atoms with Crippen molar-refractivity contribution in [2.24, 2.45) is 0 Å². The van der Waals surface area contributed by atoms with Crippen LogP contribution < -0.4 is 0 Å². The first-order valence-corrected chi connectivity index (χ1v) is 7.20. The van der Waals surface area contributed by atoms with Crippen molar-refractivity contribution in [1.29, 1.82) is 0 Å². The van der Waals surface area contributed by atoms with Gasteiger partial charge in [-0.15, -0.1) is 0 Å². The first kappa shape index (κ1) is 12.2. The third kappa shape index (κ3) is 2.59. The van der Waals surface area contributed by atoms with E-state index in [0.29, 0.717) is 0 Å². The van der Waals surface area contributed by atoms with Crippen molar-refractivity contribution in [1.82, 2.24) is 14.9 Å². The first-order valence-electron chi connectivity index (χ1n) is 7.20. The second-order valence-electron chi connectivity index (χ2n) is 5.60. The minimum atomic E-state index is 0.134. The summed E-state index contributed by atoms with van der Waals surface area (Å²) in [7, 11) is 0. The molecule has 1 aromatic heterocycles.